The van der Waals surface area contributed by atoms with E-state index in [4.69, 9.17) is 15.0 Å². The van der Waals surface area contributed by atoms with Gasteiger partial charge in [0.2, 0.25) is 11.9 Å². The van der Waals surface area contributed by atoms with E-state index in [2.05, 4.69) is 177 Å². The van der Waals surface area contributed by atoms with Gasteiger partial charge in [-0.3, -0.25) is 9.13 Å². The Morgan fingerprint density at radius 3 is 1.34 bits per heavy atom. The van der Waals surface area contributed by atoms with Gasteiger partial charge in [0.05, 0.1) is 42.2 Å². The molecule has 0 saturated carbocycles. The van der Waals surface area contributed by atoms with Crippen LogP contribution in [0.4, 0.5) is 22.7 Å². The molecule has 0 bridgehead atoms. The molecular formula is C45H32N7P. The number of rotatable bonds is 8. The van der Waals surface area contributed by atoms with Gasteiger partial charge < -0.3 is 9.99 Å². The molecule has 0 radical (unpaired) electrons. The van der Waals surface area contributed by atoms with E-state index in [1.54, 1.807) is 0 Å². The summed E-state index contributed by atoms with van der Waals surface area (Å²) in [5.74, 6) is 1.14. The van der Waals surface area contributed by atoms with Crippen LogP contribution in [0.1, 0.15) is 0 Å². The van der Waals surface area contributed by atoms with Crippen molar-refractivity contribution in [2.75, 3.05) is 9.99 Å². The van der Waals surface area contributed by atoms with Crippen LogP contribution in [0.5, 0.6) is 0 Å². The number of benzene rings is 7. The van der Waals surface area contributed by atoms with Crippen LogP contribution < -0.4 is 15.6 Å². The third-order valence-electron chi connectivity index (χ3n) is 9.60. The Labute approximate surface area is 307 Å². The first-order chi connectivity index (χ1) is 26.3. The maximum Gasteiger partial charge on any atom is 0.240 e. The molecule has 0 aliphatic heterocycles. The van der Waals surface area contributed by atoms with Crippen molar-refractivity contribution in [2.24, 2.45) is 0 Å². The standard InChI is InChI=1S/C45H32N7P/c1-3-17-31(18-4-1)46-37-25-11-16-30-42(37)52(32-19-5-2-6-20-32)53-45-48-43(50-38-26-12-7-21-33(38)34-22-8-13-27-39(34)50)47-44(49-45)51-40-28-14-9-23-35(40)36-24-10-15-29-41(36)51/h1-30,46,53H. The largest absolute Gasteiger partial charge is 0.354 e. The van der Waals surface area contributed by atoms with Crippen molar-refractivity contribution in [3.63, 3.8) is 0 Å². The summed E-state index contributed by atoms with van der Waals surface area (Å²) in [5, 5.41) is 8.26. The number of aromatic nitrogens is 5. The van der Waals surface area contributed by atoms with E-state index >= 15 is 0 Å². The molecule has 3 heterocycles. The Morgan fingerprint density at radius 1 is 0.415 bits per heavy atom. The van der Waals surface area contributed by atoms with Crippen molar-refractivity contribution in [2.45, 2.75) is 0 Å². The second kappa shape index (κ2) is 13.1. The molecule has 0 aliphatic carbocycles. The van der Waals surface area contributed by atoms with E-state index in [0.717, 1.165) is 66.4 Å². The number of nitrogens with one attached hydrogen (secondary N) is 1. The van der Waals surface area contributed by atoms with E-state index in [1.807, 2.05) is 24.3 Å². The Balaban J connectivity index is 1.22. The lowest BCUT2D eigenvalue weighted by atomic mass is 10.2. The number of nitrogens with zero attached hydrogens (tertiary/aromatic N) is 6. The first-order valence-corrected chi connectivity index (χ1v) is 18.5. The number of hydrogen-bond donors (Lipinski definition) is 1. The minimum absolute atomic E-state index is 0.0214. The van der Waals surface area contributed by atoms with Crippen LogP contribution >= 0.6 is 8.73 Å². The van der Waals surface area contributed by atoms with Crippen LogP contribution in [0.15, 0.2) is 182 Å². The van der Waals surface area contributed by atoms with Gasteiger partial charge in [0.25, 0.3) is 0 Å². The van der Waals surface area contributed by atoms with E-state index in [0.29, 0.717) is 17.5 Å². The van der Waals surface area contributed by atoms with Crippen LogP contribution in [0.3, 0.4) is 0 Å². The molecule has 7 aromatic carbocycles. The molecule has 10 rings (SSSR count). The van der Waals surface area contributed by atoms with Gasteiger partial charge in [-0.2, -0.15) is 15.0 Å². The van der Waals surface area contributed by atoms with E-state index in [9.17, 15) is 0 Å². The second-order valence-corrected chi connectivity index (χ2v) is 13.9. The molecular weight excluding hydrogens is 670 g/mol. The highest BCUT2D eigenvalue weighted by Gasteiger charge is 2.22. The lowest BCUT2D eigenvalue weighted by molar-refractivity contribution is 0.906. The third kappa shape index (κ3) is 5.46. The van der Waals surface area contributed by atoms with Crippen molar-refractivity contribution in [3.05, 3.63) is 182 Å². The maximum absolute atomic E-state index is 5.33. The van der Waals surface area contributed by atoms with E-state index in [-0.39, 0.29) is 8.73 Å². The minimum atomic E-state index is 0.0214. The van der Waals surface area contributed by atoms with Crippen LogP contribution in [0.25, 0.3) is 55.5 Å². The summed E-state index contributed by atoms with van der Waals surface area (Å²) in [6.45, 7) is 0. The topological polar surface area (TPSA) is 63.8 Å². The molecule has 0 saturated heterocycles. The molecule has 1 N–H and O–H groups in total. The van der Waals surface area contributed by atoms with Crippen molar-refractivity contribution in [3.8, 4) is 11.9 Å². The Kier molecular flexibility index (Phi) is 7.63. The fourth-order valence-electron chi connectivity index (χ4n) is 7.27. The first-order valence-electron chi connectivity index (χ1n) is 17.6. The number of anilines is 4. The van der Waals surface area contributed by atoms with Gasteiger partial charge in [0, 0.05) is 32.9 Å². The zero-order valence-electron chi connectivity index (χ0n) is 28.5. The summed E-state index contributed by atoms with van der Waals surface area (Å²) in [4.78, 5) is 16.0. The molecule has 8 heteroatoms. The Morgan fingerprint density at radius 2 is 0.830 bits per heavy atom. The zero-order chi connectivity index (χ0) is 35.1. The molecule has 0 aliphatic rings. The summed E-state index contributed by atoms with van der Waals surface area (Å²) in [6, 6.07) is 63.0. The molecule has 252 valence electrons. The molecule has 0 fully saturated rings. The SMILES string of the molecule is c1ccc(Nc2ccccc2N(Pc2nc(-n3c4ccccc4c4ccccc43)nc(-n3c4ccccc4c4ccccc43)n2)c2ccccc2)cc1. The number of hydrogen-bond acceptors (Lipinski definition) is 5. The zero-order valence-corrected chi connectivity index (χ0v) is 29.5. The molecule has 7 nitrogen and oxygen atoms in total. The first kappa shape index (κ1) is 31.0. The van der Waals surface area contributed by atoms with Gasteiger partial charge in [0.15, 0.2) is 5.57 Å². The molecule has 1 unspecified atom stereocenters. The number of fused-ring (bicyclic) bond motifs is 6. The van der Waals surface area contributed by atoms with E-state index < -0.39 is 0 Å². The highest BCUT2D eigenvalue weighted by molar-refractivity contribution is 7.49. The van der Waals surface area contributed by atoms with Crippen molar-refractivity contribution < 1.29 is 0 Å². The average molecular weight is 702 g/mol. The monoisotopic (exact) mass is 701 g/mol. The smallest absolute Gasteiger partial charge is 0.240 e. The molecule has 0 spiro atoms. The summed E-state index contributed by atoms with van der Waals surface area (Å²) < 4.78 is 6.65. The summed E-state index contributed by atoms with van der Waals surface area (Å²) in [5.41, 5.74) is 8.86. The summed E-state index contributed by atoms with van der Waals surface area (Å²) >= 11 is 0. The third-order valence-corrected chi connectivity index (χ3v) is 10.7. The highest BCUT2D eigenvalue weighted by Crippen LogP contribution is 2.41. The lowest BCUT2D eigenvalue weighted by Crippen LogP contribution is -2.22. The highest BCUT2D eigenvalue weighted by atomic mass is 31.1. The summed E-state index contributed by atoms with van der Waals surface area (Å²) in [6.07, 6.45) is 0. The van der Waals surface area contributed by atoms with Gasteiger partial charge in [-0.1, -0.05) is 121 Å². The Hall–Kier alpha value is -6.82. The molecule has 0 amide bonds. The van der Waals surface area contributed by atoms with Crippen molar-refractivity contribution >= 4 is 80.7 Å². The van der Waals surface area contributed by atoms with Gasteiger partial charge in [0.1, 0.15) is 0 Å². The molecule has 1 atom stereocenters. The van der Waals surface area contributed by atoms with Crippen LogP contribution in [0, 0.1) is 0 Å². The Bertz CT molecular complexity index is 2680. The van der Waals surface area contributed by atoms with Crippen LogP contribution in [-0.4, -0.2) is 24.1 Å². The predicted molar refractivity (Wildman–Crippen MR) is 221 cm³/mol. The van der Waals surface area contributed by atoms with Gasteiger partial charge in [-0.05, 0) is 60.7 Å². The quantitative estimate of drug-likeness (QED) is 0.160. The fourth-order valence-corrected chi connectivity index (χ4v) is 8.37. The maximum atomic E-state index is 5.33. The molecule has 3 aromatic heterocycles. The second-order valence-electron chi connectivity index (χ2n) is 12.8. The predicted octanol–water partition coefficient (Wildman–Crippen LogP) is 10.9. The van der Waals surface area contributed by atoms with Crippen LogP contribution in [0.2, 0.25) is 0 Å². The van der Waals surface area contributed by atoms with E-state index in [1.165, 1.54) is 0 Å². The van der Waals surface area contributed by atoms with Crippen molar-refractivity contribution in [1.29, 1.82) is 0 Å². The summed E-state index contributed by atoms with van der Waals surface area (Å²) in [7, 11) is 0.0214. The molecule has 10 aromatic rings. The van der Waals surface area contributed by atoms with Gasteiger partial charge in [-0.15, -0.1) is 0 Å². The normalized spacial score (nSPS) is 11.7. The average Bonchev–Trinajstić information content (AvgIpc) is 3.74. The fraction of sp³-hybridized carbons (Fsp3) is 0. The number of para-hydroxylation sites is 8. The molecule has 53 heavy (non-hydrogen) atoms. The van der Waals surface area contributed by atoms with Gasteiger partial charge in [-0.25, -0.2) is 0 Å². The van der Waals surface area contributed by atoms with Crippen LogP contribution in [-0.2, 0) is 0 Å². The van der Waals surface area contributed by atoms with Crippen molar-refractivity contribution in [1.82, 2.24) is 24.1 Å². The van der Waals surface area contributed by atoms with Gasteiger partial charge >= 0.3 is 0 Å². The lowest BCUT2D eigenvalue weighted by Gasteiger charge is -2.27. The minimum Gasteiger partial charge on any atom is -0.354 e.